The zero-order valence-corrected chi connectivity index (χ0v) is 12.3. The van der Waals surface area contributed by atoms with Crippen LogP contribution < -0.4 is 4.74 Å². The Hall–Kier alpha value is -2.48. The summed E-state index contributed by atoms with van der Waals surface area (Å²) >= 11 is 3.23. The minimum atomic E-state index is -1.09. The molecular weight excluding hydrogens is 344 g/mol. The van der Waals surface area contributed by atoms with E-state index in [1.807, 2.05) is 0 Å². The van der Waals surface area contributed by atoms with E-state index in [0.29, 0.717) is 10.0 Å². The quantitative estimate of drug-likeness (QED) is 0.666. The number of hydrogen-bond acceptors (Lipinski definition) is 5. The van der Waals surface area contributed by atoms with Gasteiger partial charge in [0.05, 0.1) is 21.0 Å². The van der Waals surface area contributed by atoms with Gasteiger partial charge in [-0.05, 0) is 35.0 Å². The molecule has 108 valence electrons. The third kappa shape index (κ3) is 3.34. The van der Waals surface area contributed by atoms with Gasteiger partial charge in [0.15, 0.2) is 5.75 Å². The van der Waals surface area contributed by atoms with Crippen LogP contribution in [0.2, 0.25) is 0 Å². The number of non-ortho nitro benzene ring substituents is 1. The number of nitro benzene ring substituents is 1. The first-order valence-corrected chi connectivity index (χ1v) is 6.49. The third-order valence-corrected chi connectivity index (χ3v) is 3.26. The first-order valence-electron chi connectivity index (χ1n) is 5.70. The molecular formula is C13H9BrN2O5. The second-order valence-electron chi connectivity index (χ2n) is 4.13. The van der Waals surface area contributed by atoms with Crippen molar-refractivity contribution in [2.45, 2.75) is 6.92 Å². The van der Waals surface area contributed by atoms with Gasteiger partial charge in [-0.2, -0.15) is 0 Å². The fourth-order valence-electron chi connectivity index (χ4n) is 1.57. The number of aromatic nitrogens is 1. The number of hydrogen-bond donors (Lipinski definition) is 1. The molecule has 0 amide bonds. The van der Waals surface area contributed by atoms with Gasteiger partial charge in [-0.1, -0.05) is 0 Å². The number of ether oxygens (including phenoxy) is 1. The van der Waals surface area contributed by atoms with E-state index in [0.717, 1.165) is 6.20 Å². The monoisotopic (exact) mass is 352 g/mol. The van der Waals surface area contributed by atoms with E-state index < -0.39 is 10.9 Å². The van der Waals surface area contributed by atoms with E-state index in [1.165, 1.54) is 24.3 Å². The number of halogens is 1. The molecule has 0 fully saturated rings. The van der Waals surface area contributed by atoms with Gasteiger partial charge in [0.1, 0.15) is 0 Å². The summed E-state index contributed by atoms with van der Waals surface area (Å²) in [7, 11) is 0. The number of pyridine rings is 1. The minimum absolute atomic E-state index is 0.0398. The average molecular weight is 353 g/mol. The van der Waals surface area contributed by atoms with Crippen LogP contribution in [0, 0.1) is 17.0 Å². The summed E-state index contributed by atoms with van der Waals surface area (Å²) in [6, 6.07) is 5.51. The Morgan fingerprint density at radius 2 is 2.14 bits per heavy atom. The largest absolute Gasteiger partial charge is 0.478 e. The highest BCUT2D eigenvalue weighted by atomic mass is 79.9. The summed E-state index contributed by atoms with van der Waals surface area (Å²) in [4.78, 5) is 25.0. The summed E-state index contributed by atoms with van der Waals surface area (Å²) in [5.41, 5.74) is 0.430. The first kappa shape index (κ1) is 14.9. The van der Waals surface area contributed by atoms with E-state index >= 15 is 0 Å². The number of aromatic carboxylic acids is 1. The summed E-state index contributed by atoms with van der Waals surface area (Å²) in [6.07, 6.45) is 1.16. The standard InChI is InChI=1S/C13H9BrN2O5/c1-7-4-8(13(17)18)6-15-12(7)21-11-5-9(16(19)20)2-3-10(11)14/h2-6H,1H3,(H,17,18). The Bertz CT molecular complexity index is 732. The third-order valence-electron chi connectivity index (χ3n) is 2.61. The molecule has 1 N–H and O–H groups in total. The van der Waals surface area contributed by atoms with Crippen LogP contribution in [0.1, 0.15) is 15.9 Å². The normalized spacial score (nSPS) is 10.2. The second-order valence-corrected chi connectivity index (χ2v) is 4.98. The van der Waals surface area contributed by atoms with Crippen molar-refractivity contribution >= 4 is 27.6 Å². The molecule has 1 heterocycles. The van der Waals surface area contributed by atoms with Gasteiger partial charge in [0, 0.05) is 17.8 Å². The van der Waals surface area contributed by atoms with Crippen LogP contribution in [0.5, 0.6) is 11.6 Å². The van der Waals surface area contributed by atoms with E-state index in [4.69, 9.17) is 9.84 Å². The molecule has 2 rings (SSSR count). The Balaban J connectivity index is 2.36. The number of rotatable bonds is 4. The van der Waals surface area contributed by atoms with Gasteiger partial charge in [-0.25, -0.2) is 9.78 Å². The van der Waals surface area contributed by atoms with Crippen LogP contribution in [-0.4, -0.2) is 21.0 Å². The van der Waals surface area contributed by atoms with Crippen molar-refractivity contribution in [3.63, 3.8) is 0 Å². The maximum atomic E-state index is 10.8. The maximum absolute atomic E-state index is 10.8. The van der Waals surface area contributed by atoms with Crippen LogP contribution in [-0.2, 0) is 0 Å². The molecule has 0 aliphatic carbocycles. The molecule has 0 spiro atoms. The number of benzene rings is 1. The van der Waals surface area contributed by atoms with Gasteiger partial charge in [-0.15, -0.1) is 0 Å². The van der Waals surface area contributed by atoms with Crippen LogP contribution >= 0.6 is 15.9 Å². The Labute approximate surface area is 127 Å². The molecule has 2 aromatic rings. The van der Waals surface area contributed by atoms with Crippen molar-refractivity contribution < 1.29 is 19.6 Å². The molecule has 0 bridgehead atoms. The van der Waals surface area contributed by atoms with Gasteiger partial charge >= 0.3 is 5.97 Å². The summed E-state index contributed by atoms with van der Waals surface area (Å²) < 4.78 is 6.03. The lowest BCUT2D eigenvalue weighted by Crippen LogP contribution is -2.00. The van der Waals surface area contributed by atoms with E-state index in [9.17, 15) is 14.9 Å². The number of carboxylic acids is 1. The Morgan fingerprint density at radius 3 is 2.71 bits per heavy atom. The van der Waals surface area contributed by atoms with Crippen molar-refractivity contribution in [1.82, 2.24) is 4.98 Å². The van der Waals surface area contributed by atoms with E-state index in [2.05, 4.69) is 20.9 Å². The van der Waals surface area contributed by atoms with Crippen molar-refractivity contribution in [2.24, 2.45) is 0 Å². The van der Waals surface area contributed by atoms with Crippen molar-refractivity contribution in [3.8, 4) is 11.6 Å². The predicted octanol–water partition coefficient (Wildman–Crippen LogP) is 3.55. The molecule has 21 heavy (non-hydrogen) atoms. The lowest BCUT2D eigenvalue weighted by Gasteiger charge is -2.09. The molecule has 0 aliphatic heterocycles. The van der Waals surface area contributed by atoms with Crippen molar-refractivity contribution in [2.75, 3.05) is 0 Å². The molecule has 1 aromatic heterocycles. The average Bonchev–Trinajstić information content (AvgIpc) is 2.42. The topological polar surface area (TPSA) is 103 Å². The summed E-state index contributed by atoms with van der Waals surface area (Å²) in [6.45, 7) is 1.64. The highest BCUT2D eigenvalue weighted by molar-refractivity contribution is 9.10. The van der Waals surface area contributed by atoms with Gasteiger partial charge < -0.3 is 9.84 Å². The van der Waals surface area contributed by atoms with Crippen molar-refractivity contribution in [3.05, 3.63) is 56.2 Å². The van der Waals surface area contributed by atoms with Crippen LogP contribution in [0.4, 0.5) is 5.69 Å². The number of nitro groups is 1. The lowest BCUT2D eigenvalue weighted by molar-refractivity contribution is -0.384. The molecule has 1 aromatic carbocycles. The zero-order valence-electron chi connectivity index (χ0n) is 10.7. The maximum Gasteiger partial charge on any atom is 0.337 e. The van der Waals surface area contributed by atoms with Gasteiger partial charge in [0.2, 0.25) is 5.88 Å². The van der Waals surface area contributed by atoms with Crippen LogP contribution in [0.15, 0.2) is 34.9 Å². The molecule has 8 heteroatoms. The molecule has 0 atom stereocenters. The second kappa shape index (κ2) is 5.88. The van der Waals surface area contributed by atoms with Crippen LogP contribution in [0.3, 0.4) is 0 Å². The predicted molar refractivity (Wildman–Crippen MR) is 76.8 cm³/mol. The van der Waals surface area contributed by atoms with Crippen LogP contribution in [0.25, 0.3) is 0 Å². The van der Waals surface area contributed by atoms with E-state index in [-0.39, 0.29) is 22.9 Å². The highest BCUT2D eigenvalue weighted by Crippen LogP contribution is 2.33. The number of nitrogens with zero attached hydrogens (tertiary/aromatic N) is 2. The number of carbonyl (C=O) groups is 1. The lowest BCUT2D eigenvalue weighted by atomic mass is 10.2. The van der Waals surface area contributed by atoms with Gasteiger partial charge in [0.25, 0.3) is 5.69 Å². The molecule has 7 nitrogen and oxygen atoms in total. The van der Waals surface area contributed by atoms with E-state index in [1.54, 1.807) is 6.92 Å². The number of carboxylic acid groups (broad SMARTS) is 1. The SMILES string of the molecule is Cc1cc(C(=O)O)cnc1Oc1cc([N+](=O)[O-])ccc1Br. The summed E-state index contributed by atoms with van der Waals surface area (Å²) in [5, 5.41) is 19.6. The van der Waals surface area contributed by atoms with Gasteiger partial charge in [-0.3, -0.25) is 10.1 Å². The molecule has 0 aliphatic rings. The summed E-state index contributed by atoms with van der Waals surface area (Å²) in [5.74, 6) is -0.683. The van der Waals surface area contributed by atoms with Crippen molar-refractivity contribution in [1.29, 1.82) is 0 Å². The first-order chi connectivity index (χ1) is 9.88. The smallest absolute Gasteiger partial charge is 0.337 e. The molecule has 0 saturated carbocycles. The fraction of sp³-hybridized carbons (Fsp3) is 0.0769. The fourth-order valence-corrected chi connectivity index (χ4v) is 1.90. The minimum Gasteiger partial charge on any atom is -0.478 e. The molecule has 0 saturated heterocycles. The Kier molecular flexibility index (Phi) is 4.18. The number of aryl methyl sites for hydroxylation is 1. The highest BCUT2D eigenvalue weighted by Gasteiger charge is 2.14. The molecule has 0 radical (unpaired) electrons. The zero-order chi connectivity index (χ0) is 15.6. The Morgan fingerprint density at radius 1 is 1.43 bits per heavy atom. The molecule has 0 unspecified atom stereocenters.